The molecule has 1 N–H and O–H groups in total. The fourth-order valence-electron chi connectivity index (χ4n) is 2.07. The second-order valence-corrected chi connectivity index (χ2v) is 5.97. The van der Waals surface area contributed by atoms with Gasteiger partial charge >= 0.3 is 5.97 Å². The smallest absolute Gasteiger partial charge is 0.307 e. The summed E-state index contributed by atoms with van der Waals surface area (Å²) < 4.78 is 6.64. The lowest BCUT2D eigenvalue weighted by molar-refractivity contribution is -0.147. The van der Waals surface area contributed by atoms with Crippen LogP contribution in [0.5, 0.6) is 0 Å². The molecule has 24 heavy (non-hydrogen) atoms. The SMILES string of the molecule is CC(C)OC(=O)CCNC(=O)c1cnn(Cc2ccccc2Cl)c1. The van der Waals surface area contributed by atoms with E-state index in [0.29, 0.717) is 17.1 Å². The molecule has 2 aromatic rings. The van der Waals surface area contributed by atoms with E-state index < -0.39 is 0 Å². The van der Waals surface area contributed by atoms with Gasteiger partial charge in [-0.2, -0.15) is 5.10 Å². The number of aromatic nitrogens is 2. The molecular weight excluding hydrogens is 330 g/mol. The highest BCUT2D eigenvalue weighted by Gasteiger charge is 2.11. The summed E-state index contributed by atoms with van der Waals surface area (Å²) in [6, 6.07) is 7.47. The number of carbonyl (C=O) groups is 2. The molecule has 0 aliphatic carbocycles. The standard InChI is InChI=1S/C17H20ClN3O3/c1-12(2)24-16(22)7-8-19-17(23)14-9-20-21(11-14)10-13-5-3-4-6-15(13)18/h3-6,9,11-12H,7-8,10H2,1-2H3,(H,19,23). The maximum atomic E-state index is 12.0. The minimum atomic E-state index is -0.334. The summed E-state index contributed by atoms with van der Waals surface area (Å²) in [4.78, 5) is 23.4. The predicted molar refractivity (Wildman–Crippen MR) is 91.0 cm³/mol. The van der Waals surface area contributed by atoms with Crippen molar-refractivity contribution in [1.82, 2.24) is 15.1 Å². The van der Waals surface area contributed by atoms with Gasteiger partial charge in [-0.1, -0.05) is 29.8 Å². The zero-order chi connectivity index (χ0) is 17.5. The van der Waals surface area contributed by atoms with Crippen LogP contribution in [0.2, 0.25) is 5.02 Å². The predicted octanol–water partition coefficient (Wildman–Crippen LogP) is 2.66. The number of rotatable bonds is 7. The van der Waals surface area contributed by atoms with Crippen LogP contribution in [-0.4, -0.2) is 34.3 Å². The third-order valence-corrected chi connectivity index (χ3v) is 3.54. The van der Waals surface area contributed by atoms with Gasteiger partial charge in [-0.25, -0.2) is 0 Å². The third kappa shape index (κ3) is 5.38. The summed E-state index contributed by atoms with van der Waals surface area (Å²) in [6.45, 7) is 4.27. The second-order valence-electron chi connectivity index (χ2n) is 5.56. The Morgan fingerprint density at radius 1 is 1.33 bits per heavy atom. The van der Waals surface area contributed by atoms with Crippen molar-refractivity contribution >= 4 is 23.5 Å². The Balaban J connectivity index is 1.85. The van der Waals surface area contributed by atoms with Crippen molar-refractivity contribution in [2.24, 2.45) is 0 Å². The number of hydrogen-bond donors (Lipinski definition) is 1. The summed E-state index contributed by atoms with van der Waals surface area (Å²) in [5.74, 6) is -0.613. The molecule has 0 atom stereocenters. The van der Waals surface area contributed by atoms with Gasteiger partial charge in [0, 0.05) is 17.8 Å². The Morgan fingerprint density at radius 2 is 2.08 bits per heavy atom. The lowest BCUT2D eigenvalue weighted by atomic mass is 10.2. The van der Waals surface area contributed by atoms with Crippen LogP contribution in [0.1, 0.15) is 36.2 Å². The number of nitrogens with zero attached hydrogens (tertiary/aromatic N) is 2. The minimum Gasteiger partial charge on any atom is -0.463 e. The fraction of sp³-hybridized carbons (Fsp3) is 0.353. The number of ether oxygens (including phenoxy) is 1. The molecule has 0 radical (unpaired) electrons. The molecule has 0 aliphatic rings. The van der Waals surface area contributed by atoms with Gasteiger partial charge in [0.1, 0.15) is 0 Å². The van der Waals surface area contributed by atoms with Crippen molar-refractivity contribution in [2.75, 3.05) is 6.54 Å². The van der Waals surface area contributed by atoms with Gasteiger partial charge in [-0.15, -0.1) is 0 Å². The van der Waals surface area contributed by atoms with E-state index in [1.54, 1.807) is 24.7 Å². The summed E-state index contributed by atoms with van der Waals surface area (Å²) in [5.41, 5.74) is 1.35. The van der Waals surface area contributed by atoms with Crippen molar-refractivity contribution in [3.8, 4) is 0 Å². The molecule has 0 fully saturated rings. The second kappa shape index (κ2) is 8.49. The molecule has 1 heterocycles. The molecule has 6 nitrogen and oxygen atoms in total. The zero-order valence-electron chi connectivity index (χ0n) is 13.7. The van der Waals surface area contributed by atoms with Crippen LogP contribution >= 0.6 is 11.6 Å². The monoisotopic (exact) mass is 349 g/mol. The minimum absolute atomic E-state index is 0.137. The van der Waals surface area contributed by atoms with E-state index >= 15 is 0 Å². The average molecular weight is 350 g/mol. The molecule has 0 saturated carbocycles. The lowest BCUT2D eigenvalue weighted by Crippen LogP contribution is -2.26. The van der Waals surface area contributed by atoms with Gasteiger partial charge in [0.15, 0.2) is 0 Å². The molecule has 7 heteroatoms. The van der Waals surface area contributed by atoms with Crippen LogP contribution in [0.25, 0.3) is 0 Å². The Morgan fingerprint density at radius 3 is 2.79 bits per heavy atom. The van der Waals surface area contributed by atoms with E-state index in [2.05, 4.69) is 10.4 Å². The van der Waals surface area contributed by atoms with Crippen LogP contribution < -0.4 is 5.32 Å². The first kappa shape index (κ1) is 18.0. The van der Waals surface area contributed by atoms with E-state index in [0.717, 1.165) is 5.56 Å². The Hall–Kier alpha value is -2.34. The Kier molecular flexibility index (Phi) is 6.37. The van der Waals surface area contributed by atoms with Crippen molar-refractivity contribution < 1.29 is 14.3 Å². The first-order chi connectivity index (χ1) is 11.5. The third-order valence-electron chi connectivity index (χ3n) is 3.17. The maximum absolute atomic E-state index is 12.0. The summed E-state index contributed by atoms with van der Waals surface area (Å²) in [6.07, 6.45) is 3.11. The van der Waals surface area contributed by atoms with Gasteiger partial charge in [0.25, 0.3) is 5.91 Å². The average Bonchev–Trinajstić information content (AvgIpc) is 2.97. The first-order valence-corrected chi connectivity index (χ1v) is 8.07. The molecule has 1 aromatic carbocycles. The van der Waals surface area contributed by atoms with Crippen molar-refractivity contribution in [1.29, 1.82) is 0 Å². The van der Waals surface area contributed by atoms with Crippen molar-refractivity contribution in [3.05, 3.63) is 52.8 Å². The van der Waals surface area contributed by atoms with Gasteiger partial charge in [-0.3, -0.25) is 14.3 Å². The number of benzene rings is 1. The summed E-state index contributed by atoms with van der Waals surface area (Å²) >= 11 is 6.11. The van der Waals surface area contributed by atoms with Crippen LogP contribution in [0.4, 0.5) is 0 Å². The molecule has 0 aliphatic heterocycles. The van der Waals surface area contributed by atoms with Crippen molar-refractivity contribution in [3.63, 3.8) is 0 Å². The topological polar surface area (TPSA) is 73.2 Å². The van der Waals surface area contributed by atoms with Crippen molar-refractivity contribution in [2.45, 2.75) is 32.9 Å². The Labute approximate surface area is 145 Å². The number of carbonyl (C=O) groups excluding carboxylic acids is 2. The van der Waals surface area contributed by atoms with Gasteiger partial charge in [-0.05, 0) is 25.5 Å². The molecule has 0 bridgehead atoms. The van der Waals surface area contributed by atoms with Crippen LogP contribution in [0.15, 0.2) is 36.7 Å². The maximum Gasteiger partial charge on any atom is 0.307 e. The quantitative estimate of drug-likeness (QED) is 0.780. The van der Waals surface area contributed by atoms with Gasteiger partial charge in [0.2, 0.25) is 0 Å². The van der Waals surface area contributed by atoms with Crippen LogP contribution in [-0.2, 0) is 16.1 Å². The van der Waals surface area contributed by atoms with E-state index in [1.807, 2.05) is 24.3 Å². The number of nitrogens with one attached hydrogen (secondary N) is 1. The molecule has 0 unspecified atom stereocenters. The number of amides is 1. The first-order valence-electron chi connectivity index (χ1n) is 7.69. The van der Waals surface area contributed by atoms with E-state index in [4.69, 9.17) is 16.3 Å². The van der Waals surface area contributed by atoms with Crippen LogP contribution in [0.3, 0.4) is 0 Å². The number of halogens is 1. The zero-order valence-corrected chi connectivity index (χ0v) is 14.4. The molecule has 0 saturated heterocycles. The summed E-state index contributed by atoms with van der Waals surface area (Å²) in [7, 11) is 0. The lowest BCUT2D eigenvalue weighted by Gasteiger charge is -2.08. The van der Waals surface area contributed by atoms with E-state index in [9.17, 15) is 9.59 Å². The molecule has 1 aromatic heterocycles. The largest absolute Gasteiger partial charge is 0.463 e. The molecule has 128 valence electrons. The Bertz CT molecular complexity index is 713. The molecular formula is C17H20ClN3O3. The number of hydrogen-bond acceptors (Lipinski definition) is 4. The molecule has 2 rings (SSSR count). The van der Waals surface area contributed by atoms with E-state index in [1.165, 1.54) is 6.20 Å². The number of esters is 1. The molecule has 1 amide bonds. The van der Waals surface area contributed by atoms with Gasteiger partial charge < -0.3 is 10.1 Å². The van der Waals surface area contributed by atoms with Gasteiger partial charge in [0.05, 0.1) is 30.8 Å². The van der Waals surface area contributed by atoms with E-state index in [-0.39, 0.29) is 30.9 Å². The highest BCUT2D eigenvalue weighted by molar-refractivity contribution is 6.31. The highest BCUT2D eigenvalue weighted by atomic mass is 35.5. The fourth-order valence-corrected chi connectivity index (χ4v) is 2.27. The summed E-state index contributed by atoms with van der Waals surface area (Å²) in [5, 5.41) is 7.49. The molecule has 0 spiro atoms. The van der Waals surface area contributed by atoms with Crippen LogP contribution in [0, 0.1) is 0 Å². The highest BCUT2D eigenvalue weighted by Crippen LogP contribution is 2.16. The normalized spacial score (nSPS) is 10.7.